The molecule has 0 atom stereocenters. The molecule has 0 fully saturated rings. The number of nitrogens with zero attached hydrogens (tertiary/aromatic N) is 2. The van der Waals surface area contributed by atoms with Crippen LogP contribution in [0, 0.1) is 6.92 Å². The maximum absolute atomic E-state index is 5.33. The van der Waals surface area contributed by atoms with Crippen LogP contribution in [0.5, 0.6) is 11.5 Å². The van der Waals surface area contributed by atoms with Crippen LogP contribution < -0.4 is 26.1 Å². The van der Waals surface area contributed by atoms with E-state index >= 15 is 0 Å². The zero-order valence-corrected chi connectivity index (χ0v) is 11.6. The molecule has 20 heavy (non-hydrogen) atoms. The molecule has 106 valence electrons. The predicted molar refractivity (Wildman–Crippen MR) is 77.4 cm³/mol. The highest BCUT2D eigenvalue weighted by atomic mass is 16.5. The summed E-state index contributed by atoms with van der Waals surface area (Å²) in [4.78, 5) is 8.29. The van der Waals surface area contributed by atoms with Crippen molar-refractivity contribution in [1.82, 2.24) is 9.97 Å². The van der Waals surface area contributed by atoms with Crippen molar-refractivity contribution in [2.75, 3.05) is 25.0 Å². The molecule has 4 N–H and O–H groups in total. The summed E-state index contributed by atoms with van der Waals surface area (Å²) in [5.74, 6) is 7.68. The van der Waals surface area contributed by atoms with E-state index in [1.165, 1.54) is 0 Å². The number of aromatic nitrogens is 2. The summed E-state index contributed by atoms with van der Waals surface area (Å²) in [5.41, 5.74) is 4.08. The molecule has 0 aliphatic carbocycles. The van der Waals surface area contributed by atoms with E-state index in [4.69, 9.17) is 15.3 Å². The van der Waals surface area contributed by atoms with Crippen molar-refractivity contribution in [2.45, 2.75) is 6.92 Å². The van der Waals surface area contributed by atoms with Crippen molar-refractivity contribution < 1.29 is 9.47 Å². The van der Waals surface area contributed by atoms with Crippen molar-refractivity contribution in [3.63, 3.8) is 0 Å². The molecule has 0 saturated carbocycles. The minimum Gasteiger partial charge on any atom is -0.497 e. The normalized spacial score (nSPS) is 10.0. The number of hydrazine groups is 1. The monoisotopic (exact) mass is 275 g/mol. The summed E-state index contributed by atoms with van der Waals surface area (Å²) in [6.07, 6.45) is 1.68. The first-order valence-corrected chi connectivity index (χ1v) is 5.97. The second-order valence-electron chi connectivity index (χ2n) is 4.06. The molecule has 0 spiro atoms. The standard InChI is InChI=1S/C13H17N5O2/c1-8-7-15-13(18-14)17-12(8)16-10-5-4-9(19-2)6-11(10)20-3/h4-7H,14H2,1-3H3,(H2,15,16,17,18). The number of methoxy groups -OCH3 is 2. The first-order chi connectivity index (χ1) is 9.67. The minimum absolute atomic E-state index is 0.338. The smallest absolute Gasteiger partial charge is 0.239 e. The van der Waals surface area contributed by atoms with Crippen LogP contribution in [0.15, 0.2) is 24.4 Å². The van der Waals surface area contributed by atoms with Gasteiger partial charge in [-0.2, -0.15) is 4.98 Å². The van der Waals surface area contributed by atoms with Gasteiger partial charge in [0.05, 0.1) is 19.9 Å². The molecule has 1 aromatic carbocycles. The first kappa shape index (κ1) is 13.9. The lowest BCUT2D eigenvalue weighted by Gasteiger charge is -2.13. The molecule has 2 rings (SSSR count). The fraction of sp³-hybridized carbons (Fsp3) is 0.231. The molecule has 1 aromatic heterocycles. The van der Waals surface area contributed by atoms with E-state index in [-0.39, 0.29) is 0 Å². The second kappa shape index (κ2) is 6.07. The van der Waals surface area contributed by atoms with Crippen molar-refractivity contribution >= 4 is 17.5 Å². The number of nitrogens with one attached hydrogen (secondary N) is 2. The van der Waals surface area contributed by atoms with E-state index < -0.39 is 0 Å². The summed E-state index contributed by atoms with van der Waals surface area (Å²) in [6, 6.07) is 5.49. The average Bonchev–Trinajstić information content (AvgIpc) is 2.49. The summed E-state index contributed by atoms with van der Waals surface area (Å²) in [6.45, 7) is 1.90. The number of nitrogen functional groups attached to an aromatic ring is 1. The summed E-state index contributed by atoms with van der Waals surface area (Å²) in [5, 5.41) is 3.19. The first-order valence-electron chi connectivity index (χ1n) is 5.97. The van der Waals surface area contributed by atoms with Crippen LogP contribution in [-0.4, -0.2) is 24.2 Å². The number of aryl methyl sites for hydroxylation is 1. The van der Waals surface area contributed by atoms with E-state index in [2.05, 4.69) is 20.7 Å². The summed E-state index contributed by atoms with van der Waals surface area (Å²) in [7, 11) is 3.20. The number of rotatable bonds is 5. The Labute approximate surface area is 117 Å². The Morgan fingerprint density at radius 2 is 2.00 bits per heavy atom. The van der Waals surface area contributed by atoms with Gasteiger partial charge in [-0.05, 0) is 19.1 Å². The van der Waals surface area contributed by atoms with Crippen LogP contribution in [0.1, 0.15) is 5.56 Å². The Bertz CT molecular complexity index is 603. The van der Waals surface area contributed by atoms with E-state index in [0.717, 1.165) is 17.0 Å². The van der Waals surface area contributed by atoms with Gasteiger partial charge in [0.15, 0.2) is 0 Å². The van der Waals surface area contributed by atoms with Crippen LogP contribution in [0.3, 0.4) is 0 Å². The Morgan fingerprint density at radius 3 is 2.65 bits per heavy atom. The van der Waals surface area contributed by atoms with E-state index in [0.29, 0.717) is 17.5 Å². The highest BCUT2D eigenvalue weighted by molar-refractivity contribution is 5.67. The molecule has 7 heteroatoms. The Hall–Kier alpha value is -2.54. The third-order valence-corrected chi connectivity index (χ3v) is 2.76. The van der Waals surface area contributed by atoms with Crippen molar-refractivity contribution in [3.05, 3.63) is 30.0 Å². The quantitative estimate of drug-likeness (QED) is 0.566. The number of anilines is 3. The molecule has 0 aliphatic rings. The molecule has 7 nitrogen and oxygen atoms in total. The summed E-state index contributed by atoms with van der Waals surface area (Å²) >= 11 is 0. The number of hydrogen-bond acceptors (Lipinski definition) is 7. The number of benzene rings is 1. The van der Waals surface area contributed by atoms with Crippen LogP contribution in [-0.2, 0) is 0 Å². The molecular formula is C13H17N5O2. The van der Waals surface area contributed by atoms with E-state index in [1.54, 1.807) is 26.5 Å². The Kier molecular flexibility index (Phi) is 4.21. The van der Waals surface area contributed by atoms with Crippen LogP contribution >= 0.6 is 0 Å². The van der Waals surface area contributed by atoms with Gasteiger partial charge in [-0.1, -0.05) is 0 Å². The second-order valence-corrected chi connectivity index (χ2v) is 4.06. The van der Waals surface area contributed by atoms with Gasteiger partial charge >= 0.3 is 0 Å². The lowest BCUT2D eigenvalue weighted by atomic mass is 10.2. The topological polar surface area (TPSA) is 94.3 Å². The van der Waals surface area contributed by atoms with Crippen LogP contribution in [0.25, 0.3) is 0 Å². The van der Waals surface area contributed by atoms with Crippen LogP contribution in [0.2, 0.25) is 0 Å². The number of nitrogens with two attached hydrogens (primary N) is 1. The fourth-order valence-corrected chi connectivity index (χ4v) is 1.67. The maximum Gasteiger partial charge on any atom is 0.239 e. The molecular weight excluding hydrogens is 258 g/mol. The predicted octanol–water partition coefficient (Wildman–Crippen LogP) is 1.83. The van der Waals surface area contributed by atoms with Gasteiger partial charge in [0.25, 0.3) is 0 Å². The van der Waals surface area contributed by atoms with Gasteiger partial charge in [-0.25, -0.2) is 10.8 Å². The number of hydrogen-bond donors (Lipinski definition) is 3. The average molecular weight is 275 g/mol. The molecule has 0 radical (unpaired) electrons. The molecule has 1 heterocycles. The van der Waals surface area contributed by atoms with Gasteiger partial charge < -0.3 is 14.8 Å². The summed E-state index contributed by atoms with van der Waals surface area (Å²) < 4.78 is 10.5. The van der Waals surface area contributed by atoms with Crippen molar-refractivity contribution in [3.8, 4) is 11.5 Å². The third kappa shape index (κ3) is 2.89. The molecule has 0 unspecified atom stereocenters. The van der Waals surface area contributed by atoms with Crippen molar-refractivity contribution in [1.29, 1.82) is 0 Å². The fourth-order valence-electron chi connectivity index (χ4n) is 1.67. The minimum atomic E-state index is 0.338. The molecule has 0 saturated heterocycles. The largest absolute Gasteiger partial charge is 0.497 e. The molecule has 0 aliphatic heterocycles. The molecule has 2 aromatic rings. The van der Waals surface area contributed by atoms with Gasteiger partial charge in [0.2, 0.25) is 5.95 Å². The maximum atomic E-state index is 5.33. The van der Waals surface area contributed by atoms with Gasteiger partial charge in [-0.3, -0.25) is 5.43 Å². The lowest BCUT2D eigenvalue weighted by molar-refractivity contribution is 0.395. The highest BCUT2D eigenvalue weighted by Crippen LogP contribution is 2.31. The molecule has 0 amide bonds. The Morgan fingerprint density at radius 1 is 1.20 bits per heavy atom. The molecule has 0 bridgehead atoms. The van der Waals surface area contributed by atoms with E-state index in [9.17, 15) is 0 Å². The zero-order valence-electron chi connectivity index (χ0n) is 11.6. The highest BCUT2D eigenvalue weighted by Gasteiger charge is 2.09. The third-order valence-electron chi connectivity index (χ3n) is 2.76. The van der Waals surface area contributed by atoms with Gasteiger partial charge in [-0.15, -0.1) is 0 Å². The van der Waals surface area contributed by atoms with Crippen molar-refractivity contribution in [2.24, 2.45) is 5.84 Å². The van der Waals surface area contributed by atoms with Gasteiger partial charge in [0.1, 0.15) is 17.3 Å². The van der Waals surface area contributed by atoms with E-state index in [1.807, 2.05) is 19.1 Å². The SMILES string of the molecule is COc1ccc(Nc2nc(NN)ncc2C)c(OC)c1. The van der Waals surface area contributed by atoms with Gasteiger partial charge in [0, 0.05) is 17.8 Å². The number of ether oxygens (including phenoxy) is 2. The zero-order chi connectivity index (χ0) is 14.5. The Balaban J connectivity index is 2.34. The lowest BCUT2D eigenvalue weighted by Crippen LogP contribution is -2.11. The van der Waals surface area contributed by atoms with Crippen LogP contribution in [0.4, 0.5) is 17.5 Å².